The number of nitrogens with two attached hydrogens (primary N) is 1. The Kier molecular flexibility index (Phi) is 5.00. The highest BCUT2D eigenvalue weighted by Crippen LogP contribution is 2.31. The van der Waals surface area contributed by atoms with Crippen molar-refractivity contribution in [3.63, 3.8) is 0 Å². The van der Waals surface area contributed by atoms with Gasteiger partial charge in [-0.15, -0.1) is 11.3 Å². The van der Waals surface area contributed by atoms with Gasteiger partial charge in [0.1, 0.15) is 5.01 Å². The van der Waals surface area contributed by atoms with Crippen molar-refractivity contribution in [2.75, 3.05) is 0 Å². The zero-order valence-corrected chi connectivity index (χ0v) is 14.7. The molecule has 1 saturated carbocycles. The van der Waals surface area contributed by atoms with Gasteiger partial charge in [-0.2, -0.15) is 5.26 Å². The van der Waals surface area contributed by atoms with Crippen LogP contribution < -0.4 is 5.73 Å². The average Bonchev–Trinajstić information content (AvgIpc) is 3.15. The molecule has 1 amide bonds. The van der Waals surface area contributed by atoms with E-state index in [0.717, 1.165) is 28.6 Å². The fraction of sp³-hybridized carbons (Fsp3) is 0.500. The quantitative estimate of drug-likeness (QED) is 0.899. The Hall–Kier alpha value is -2.13. The van der Waals surface area contributed by atoms with Crippen molar-refractivity contribution < 1.29 is 4.79 Å². The minimum atomic E-state index is -0.399. The molecule has 0 atom stereocenters. The number of primary amides is 1. The Labute approximate surface area is 146 Å². The Morgan fingerprint density at radius 2 is 2.21 bits per heavy atom. The third kappa shape index (κ3) is 3.36. The van der Waals surface area contributed by atoms with Gasteiger partial charge < -0.3 is 10.3 Å². The zero-order chi connectivity index (χ0) is 17.1. The second kappa shape index (κ2) is 7.18. The van der Waals surface area contributed by atoms with E-state index in [1.807, 2.05) is 18.4 Å². The van der Waals surface area contributed by atoms with Crippen LogP contribution >= 0.6 is 11.3 Å². The minimum Gasteiger partial charge on any atom is -0.366 e. The van der Waals surface area contributed by atoms with Crippen molar-refractivity contribution in [3.8, 4) is 17.5 Å². The number of nitrogens with zero attached hydrogens (tertiary/aromatic N) is 3. The van der Waals surface area contributed by atoms with Crippen LogP contribution in [-0.4, -0.2) is 15.5 Å². The van der Waals surface area contributed by atoms with Crippen LogP contribution in [-0.2, 0) is 13.0 Å². The zero-order valence-electron chi connectivity index (χ0n) is 13.9. The molecule has 24 heavy (non-hydrogen) atoms. The standard InChI is InChI=1S/C18H22N4OS/c1-12-14(18(20)23)9-16(15-11-24-17(21-15)7-8-19)22(12)10-13-5-3-2-4-6-13/h9,11,13H,2-7,10H2,1H3,(H2,20,23). The molecule has 0 bridgehead atoms. The van der Waals surface area contributed by atoms with Gasteiger partial charge in [-0.05, 0) is 31.7 Å². The average molecular weight is 342 g/mol. The van der Waals surface area contributed by atoms with E-state index in [-0.39, 0.29) is 0 Å². The summed E-state index contributed by atoms with van der Waals surface area (Å²) in [5, 5.41) is 11.6. The summed E-state index contributed by atoms with van der Waals surface area (Å²) in [5.41, 5.74) is 8.80. The number of hydrogen-bond acceptors (Lipinski definition) is 4. The maximum absolute atomic E-state index is 11.8. The van der Waals surface area contributed by atoms with Crippen LogP contribution in [0.1, 0.15) is 53.2 Å². The summed E-state index contributed by atoms with van der Waals surface area (Å²) in [5.74, 6) is 0.241. The molecular weight excluding hydrogens is 320 g/mol. The number of thiazole rings is 1. The number of carbonyl (C=O) groups is 1. The van der Waals surface area contributed by atoms with E-state index >= 15 is 0 Å². The predicted molar refractivity (Wildman–Crippen MR) is 94.7 cm³/mol. The van der Waals surface area contributed by atoms with Crippen LogP contribution in [0.4, 0.5) is 0 Å². The molecule has 0 aliphatic heterocycles. The van der Waals surface area contributed by atoms with Crippen LogP contribution in [0.2, 0.25) is 0 Å². The molecule has 0 unspecified atom stereocenters. The lowest BCUT2D eigenvalue weighted by atomic mass is 9.89. The van der Waals surface area contributed by atoms with E-state index in [4.69, 9.17) is 11.0 Å². The summed E-state index contributed by atoms with van der Waals surface area (Å²) in [6, 6.07) is 3.98. The first-order valence-corrected chi connectivity index (χ1v) is 9.29. The molecular formula is C18H22N4OS. The Balaban J connectivity index is 1.97. The van der Waals surface area contributed by atoms with E-state index in [9.17, 15) is 4.79 Å². The Bertz CT molecular complexity index is 778. The number of amides is 1. The van der Waals surface area contributed by atoms with E-state index in [0.29, 0.717) is 17.9 Å². The third-order valence-corrected chi connectivity index (χ3v) is 5.69. The van der Waals surface area contributed by atoms with Gasteiger partial charge in [0.15, 0.2) is 0 Å². The third-order valence-electron chi connectivity index (χ3n) is 4.84. The van der Waals surface area contributed by atoms with Gasteiger partial charge in [0.05, 0.1) is 29.4 Å². The largest absolute Gasteiger partial charge is 0.366 e. The van der Waals surface area contributed by atoms with Gasteiger partial charge in [0.2, 0.25) is 0 Å². The molecule has 0 spiro atoms. The van der Waals surface area contributed by atoms with Crippen molar-refractivity contribution in [1.29, 1.82) is 5.26 Å². The SMILES string of the molecule is Cc1c(C(N)=O)cc(-c2csc(CC#N)n2)n1CC1CCCCC1. The molecule has 1 aliphatic carbocycles. The van der Waals surface area contributed by atoms with Crippen molar-refractivity contribution >= 4 is 17.2 Å². The van der Waals surface area contributed by atoms with E-state index in [1.165, 1.54) is 43.4 Å². The van der Waals surface area contributed by atoms with E-state index in [2.05, 4.69) is 15.6 Å². The lowest BCUT2D eigenvalue weighted by Gasteiger charge is -2.24. The van der Waals surface area contributed by atoms with Crippen LogP contribution in [0.25, 0.3) is 11.4 Å². The maximum atomic E-state index is 11.8. The fourth-order valence-corrected chi connectivity index (χ4v) is 4.27. The Morgan fingerprint density at radius 1 is 1.46 bits per heavy atom. The van der Waals surface area contributed by atoms with E-state index < -0.39 is 5.91 Å². The summed E-state index contributed by atoms with van der Waals surface area (Å²) in [4.78, 5) is 16.3. The van der Waals surface area contributed by atoms with Crippen LogP contribution in [0.3, 0.4) is 0 Å². The second-order valence-corrected chi connectivity index (χ2v) is 7.41. The summed E-state index contributed by atoms with van der Waals surface area (Å²) in [7, 11) is 0. The highest BCUT2D eigenvalue weighted by atomic mass is 32.1. The number of rotatable bonds is 5. The highest BCUT2D eigenvalue weighted by Gasteiger charge is 2.22. The van der Waals surface area contributed by atoms with Gasteiger partial charge >= 0.3 is 0 Å². The number of carbonyl (C=O) groups excluding carboxylic acids is 1. The maximum Gasteiger partial charge on any atom is 0.250 e. The first kappa shape index (κ1) is 16.7. The van der Waals surface area contributed by atoms with Crippen molar-refractivity contribution in [1.82, 2.24) is 9.55 Å². The molecule has 126 valence electrons. The molecule has 1 fully saturated rings. The molecule has 2 aromatic rings. The van der Waals surface area contributed by atoms with Gasteiger partial charge in [0.25, 0.3) is 5.91 Å². The van der Waals surface area contributed by atoms with Gasteiger partial charge in [0, 0.05) is 17.6 Å². The topological polar surface area (TPSA) is 84.7 Å². The molecule has 0 saturated heterocycles. The molecule has 0 radical (unpaired) electrons. The number of hydrogen-bond donors (Lipinski definition) is 1. The molecule has 6 heteroatoms. The molecule has 2 heterocycles. The van der Waals surface area contributed by atoms with E-state index in [1.54, 1.807) is 0 Å². The molecule has 5 nitrogen and oxygen atoms in total. The number of aromatic nitrogens is 2. The lowest BCUT2D eigenvalue weighted by molar-refractivity contribution is 0.0999. The first-order chi connectivity index (χ1) is 11.6. The lowest BCUT2D eigenvalue weighted by Crippen LogP contribution is -2.17. The minimum absolute atomic E-state index is 0.315. The van der Waals surface area contributed by atoms with Gasteiger partial charge in [-0.3, -0.25) is 4.79 Å². The molecule has 2 N–H and O–H groups in total. The van der Waals surface area contributed by atoms with Crippen LogP contribution in [0.5, 0.6) is 0 Å². The summed E-state index contributed by atoms with van der Waals surface area (Å²) in [6.07, 6.45) is 6.68. The van der Waals surface area contributed by atoms with Crippen molar-refractivity contribution in [2.45, 2.75) is 52.0 Å². The molecule has 3 rings (SSSR count). The Morgan fingerprint density at radius 3 is 2.88 bits per heavy atom. The van der Waals surface area contributed by atoms with Crippen molar-refractivity contribution in [3.05, 3.63) is 27.7 Å². The van der Waals surface area contributed by atoms with Crippen LogP contribution in [0.15, 0.2) is 11.4 Å². The number of nitriles is 1. The van der Waals surface area contributed by atoms with Gasteiger partial charge in [-0.1, -0.05) is 19.3 Å². The summed E-state index contributed by atoms with van der Waals surface area (Å²) in [6.45, 7) is 2.86. The fourth-order valence-electron chi connectivity index (χ4n) is 3.55. The van der Waals surface area contributed by atoms with Gasteiger partial charge in [-0.25, -0.2) is 4.98 Å². The second-order valence-electron chi connectivity index (χ2n) is 6.47. The highest BCUT2D eigenvalue weighted by molar-refractivity contribution is 7.10. The predicted octanol–water partition coefficient (Wildman–Crippen LogP) is 3.67. The molecule has 1 aliphatic rings. The van der Waals surface area contributed by atoms with Crippen LogP contribution in [0, 0.1) is 24.2 Å². The summed E-state index contributed by atoms with van der Waals surface area (Å²) >= 11 is 1.48. The summed E-state index contributed by atoms with van der Waals surface area (Å²) < 4.78 is 2.20. The normalized spacial score (nSPS) is 15.3. The molecule has 0 aromatic carbocycles. The van der Waals surface area contributed by atoms with Crippen molar-refractivity contribution in [2.24, 2.45) is 11.7 Å². The smallest absolute Gasteiger partial charge is 0.250 e. The first-order valence-electron chi connectivity index (χ1n) is 8.41. The monoisotopic (exact) mass is 342 g/mol. The molecule has 2 aromatic heterocycles.